The molecule has 0 aromatic heterocycles. The Kier molecular flexibility index (Phi) is 6.58. The van der Waals surface area contributed by atoms with E-state index in [1.807, 2.05) is 66.7 Å². The van der Waals surface area contributed by atoms with Crippen molar-refractivity contribution in [2.75, 3.05) is 11.9 Å². The second-order valence-corrected chi connectivity index (χ2v) is 7.64. The van der Waals surface area contributed by atoms with Crippen LogP contribution in [0.15, 0.2) is 97.1 Å². The van der Waals surface area contributed by atoms with Crippen molar-refractivity contribution in [3.63, 3.8) is 0 Å². The molecule has 1 atom stereocenters. The van der Waals surface area contributed by atoms with Crippen LogP contribution in [-0.4, -0.2) is 29.6 Å². The summed E-state index contributed by atoms with van der Waals surface area (Å²) in [5.74, 6) is -0.483. The van der Waals surface area contributed by atoms with Crippen molar-refractivity contribution in [3.8, 4) is 0 Å². The Balaban J connectivity index is 1.38. The van der Waals surface area contributed by atoms with Gasteiger partial charge in [-0.15, -0.1) is 0 Å². The number of carbonyl (C=O) groups excluding carboxylic acids is 2. The Morgan fingerprint density at radius 2 is 1.38 bits per heavy atom. The number of hydrogen-bond acceptors (Lipinski definition) is 3. The Morgan fingerprint density at radius 1 is 0.719 bits per heavy atom. The Hall–Kier alpha value is -3.96. The normalized spacial score (nSPS) is 11.7. The first-order valence-electron chi connectivity index (χ1n) is 10.5. The molecule has 0 unspecified atom stereocenters. The second-order valence-electron chi connectivity index (χ2n) is 7.64. The lowest BCUT2D eigenvalue weighted by Crippen LogP contribution is -2.39. The maximum absolute atomic E-state index is 12.6. The Labute approximate surface area is 186 Å². The summed E-state index contributed by atoms with van der Waals surface area (Å²) in [5.41, 5.74) is 2.67. The van der Waals surface area contributed by atoms with Gasteiger partial charge < -0.3 is 15.7 Å². The van der Waals surface area contributed by atoms with Crippen molar-refractivity contribution >= 4 is 28.3 Å². The van der Waals surface area contributed by atoms with Crippen LogP contribution in [-0.2, 0) is 6.42 Å². The molecule has 4 aromatic rings. The summed E-state index contributed by atoms with van der Waals surface area (Å²) in [7, 11) is 0. The van der Waals surface area contributed by atoms with E-state index < -0.39 is 0 Å². The number of amides is 2. The third kappa shape index (κ3) is 5.20. The predicted octanol–water partition coefficient (Wildman–Crippen LogP) is 4.43. The van der Waals surface area contributed by atoms with E-state index in [1.165, 1.54) is 0 Å². The zero-order valence-corrected chi connectivity index (χ0v) is 17.5. The van der Waals surface area contributed by atoms with Gasteiger partial charge in [-0.25, -0.2) is 0 Å². The molecule has 0 aliphatic heterocycles. The number of aliphatic hydroxyl groups is 1. The number of aliphatic hydroxyl groups excluding tert-OH is 1. The summed E-state index contributed by atoms with van der Waals surface area (Å²) in [5, 5.41) is 17.4. The largest absolute Gasteiger partial charge is 0.394 e. The number of hydrogen-bond donors (Lipinski definition) is 3. The fraction of sp³-hybridized carbons (Fsp3) is 0.111. The van der Waals surface area contributed by atoms with Crippen LogP contribution < -0.4 is 10.6 Å². The maximum Gasteiger partial charge on any atom is 0.255 e. The molecule has 160 valence electrons. The number of nitrogens with one attached hydrogen (secondary N) is 2. The maximum atomic E-state index is 12.6. The van der Waals surface area contributed by atoms with E-state index >= 15 is 0 Å². The summed E-state index contributed by atoms with van der Waals surface area (Å²) in [6.07, 6.45) is 0.545. The van der Waals surface area contributed by atoms with Gasteiger partial charge in [-0.1, -0.05) is 60.7 Å². The van der Waals surface area contributed by atoms with Crippen LogP contribution in [0.2, 0.25) is 0 Å². The predicted molar refractivity (Wildman–Crippen MR) is 127 cm³/mol. The van der Waals surface area contributed by atoms with Crippen LogP contribution in [0.25, 0.3) is 10.8 Å². The molecule has 0 aliphatic rings. The van der Waals surface area contributed by atoms with Crippen LogP contribution in [0.5, 0.6) is 0 Å². The standard InChI is InChI=1S/C27H24N2O3/c30-18-25(16-19-6-2-1-3-7-19)29-26(31)21-12-14-24(15-13-21)28-27(32)23-11-10-20-8-4-5-9-22(20)17-23/h1-15,17,25,30H,16,18H2,(H,28,32)(H,29,31)/t25-/m0/s1. The molecular formula is C27H24N2O3. The first-order valence-corrected chi connectivity index (χ1v) is 10.5. The average molecular weight is 425 g/mol. The summed E-state index contributed by atoms with van der Waals surface area (Å²) in [6, 6.07) is 29.5. The smallest absolute Gasteiger partial charge is 0.255 e. The van der Waals surface area contributed by atoms with E-state index in [9.17, 15) is 14.7 Å². The van der Waals surface area contributed by atoms with E-state index in [0.29, 0.717) is 23.2 Å². The van der Waals surface area contributed by atoms with Crippen LogP contribution in [0.3, 0.4) is 0 Å². The van der Waals surface area contributed by atoms with E-state index in [0.717, 1.165) is 16.3 Å². The molecule has 0 saturated carbocycles. The lowest BCUT2D eigenvalue weighted by Gasteiger charge is -2.16. The average Bonchev–Trinajstić information content (AvgIpc) is 2.84. The molecule has 5 heteroatoms. The highest BCUT2D eigenvalue weighted by atomic mass is 16.3. The summed E-state index contributed by atoms with van der Waals surface area (Å²) in [4.78, 5) is 25.2. The molecular weight excluding hydrogens is 400 g/mol. The summed E-state index contributed by atoms with van der Waals surface area (Å²) in [6.45, 7) is -0.152. The number of benzene rings is 4. The van der Waals surface area contributed by atoms with Crippen molar-refractivity contribution in [1.29, 1.82) is 0 Å². The van der Waals surface area contributed by atoms with E-state index in [4.69, 9.17) is 0 Å². The molecule has 32 heavy (non-hydrogen) atoms. The number of anilines is 1. The van der Waals surface area contributed by atoms with Crippen LogP contribution in [0.4, 0.5) is 5.69 Å². The summed E-state index contributed by atoms with van der Waals surface area (Å²) >= 11 is 0. The molecule has 4 aromatic carbocycles. The van der Waals surface area contributed by atoms with Gasteiger partial charge >= 0.3 is 0 Å². The quantitative estimate of drug-likeness (QED) is 0.411. The van der Waals surface area contributed by atoms with Gasteiger partial charge in [0.15, 0.2) is 0 Å². The Bertz CT molecular complexity index is 1220. The third-order valence-electron chi connectivity index (χ3n) is 5.30. The first kappa shape index (κ1) is 21.3. The van der Waals surface area contributed by atoms with E-state index in [2.05, 4.69) is 10.6 Å². The second kappa shape index (κ2) is 9.90. The minimum absolute atomic E-state index is 0.152. The number of carbonyl (C=O) groups is 2. The summed E-state index contributed by atoms with van der Waals surface area (Å²) < 4.78 is 0. The number of rotatable bonds is 7. The van der Waals surface area contributed by atoms with Gasteiger partial charge in [0.05, 0.1) is 12.6 Å². The number of fused-ring (bicyclic) bond motifs is 1. The molecule has 0 saturated heterocycles. The molecule has 0 bridgehead atoms. The monoisotopic (exact) mass is 424 g/mol. The fourth-order valence-corrected chi connectivity index (χ4v) is 3.57. The molecule has 4 rings (SSSR count). The Morgan fingerprint density at radius 3 is 2.09 bits per heavy atom. The third-order valence-corrected chi connectivity index (χ3v) is 5.30. The minimum atomic E-state index is -0.378. The fourth-order valence-electron chi connectivity index (χ4n) is 3.57. The SMILES string of the molecule is O=C(Nc1ccc(C(=O)N[C@H](CO)Cc2ccccc2)cc1)c1ccc2ccccc2c1. The van der Waals surface area contributed by atoms with Crippen molar-refractivity contribution in [1.82, 2.24) is 5.32 Å². The van der Waals surface area contributed by atoms with Gasteiger partial charge in [0.2, 0.25) is 0 Å². The molecule has 0 aliphatic carbocycles. The molecule has 0 spiro atoms. The zero-order chi connectivity index (χ0) is 22.3. The molecule has 3 N–H and O–H groups in total. The van der Waals surface area contributed by atoms with Gasteiger partial charge in [-0.3, -0.25) is 9.59 Å². The van der Waals surface area contributed by atoms with Gasteiger partial charge in [0, 0.05) is 16.8 Å². The van der Waals surface area contributed by atoms with Crippen LogP contribution in [0.1, 0.15) is 26.3 Å². The first-order chi connectivity index (χ1) is 15.6. The molecule has 0 fully saturated rings. The van der Waals surface area contributed by atoms with Crippen molar-refractivity contribution in [2.24, 2.45) is 0 Å². The van der Waals surface area contributed by atoms with Crippen LogP contribution in [0, 0.1) is 0 Å². The minimum Gasteiger partial charge on any atom is -0.394 e. The van der Waals surface area contributed by atoms with Crippen molar-refractivity contribution in [3.05, 3.63) is 114 Å². The van der Waals surface area contributed by atoms with Gasteiger partial charge in [0.25, 0.3) is 11.8 Å². The van der Waals surface area contributed by atoms with E-state index in [-0.39, 0.29) is 24.5 Å². The highest BCUT2D eigenvalue weighted by molar-refractivity contribution is 6.06. The van der Waals surface area contributed by atoms with Crippen molar-refractivity contribution in [2.45, 2.75) is 12.5 Å². The highest BCUT2D eigenvalue weighted by Crippen LogP contribution is 2.17. The lowest BCUT2D eigenvalue weighted by atomic mass is 10.1. The molecule has 0 heterocycles. The van der Waals surface area contributed by atoms with Crippen molar-refractivity contribution < 1.29 is 14.7 Å². The highest BCUT2D eigenvalue weighted by Gasteiger charge is 2.14. The van der Waals surface area contributed by atoms with Gasteiger partial charge in [0.1, 0.15) is 0 Å². The molecule has 0 radical (unpaired) electrons. The molecule has 2 amide bonds. The van der Waals surface area contributed by atoms with Crippen LogP contribution >= 0.6 is 0 Å². The lowest BCUT2D eigenvalue weighted by molar-refractivity contribution is 0.0916. The topological polar surface area (TPSA) is 78.4 Å². The zero-order valence-electron chi connectivity index (χ0n) is 17.5. The van der Waals surface area contributed by atoms with E-state index in [1.54, 1.807) is 30.3 Å². The molecule has 5 nitrogen and oxygen atoms in total. The van der Waals surface area contributed by atoms with Gasteiger partial charge in [-0.05, 0) is 59.2 Å². The van der Waals surface area contributed by atoms with Gasteiger partial charge in [-0.2, -0.15) is 0 Å².